The smallest absolute Gasteiger partial charge is 0.244 e. The van der Waals surface area contributed by atoms with Crippen LogP contribution in [0.2, 0.25) is 0 Å². The fourth-order valence-electron chi connectivity index (χ4n) is 1.92. The van der Waals surface area contributed by atoms with Gasteiger partial charge in [0.05, 0.1) is 0 Å². The van der Waals surface area contributed by atoms with Crippen molar-refractivity contribution < 1.29 is 12.8 Å². The Morgan fingerprint density at radius 2 is 1.70 bits per heavy atom. The first-order valence-electron chi connectivity index (χ1n) is 6.97. The summed E-state index contributed by atoms with van der Waals surface area (Å²) in [5, 5.41) is 3.24. The molecule has 6 heteroatoms. The maximum absolute atomic E-state index is 12.4. The minimum Gasteiger partial charge on any atom is -0.465 e. The second-order valence-corrected chi connectivity index (χ2v) is 7.51. The van der Waals surface area contributed by atoms with E-state index in [2.05, 4.69) is 10.0 Å². The van der Waals surface area contributed by atoms with E-state index < -0.39 is 10.0 Å². The van der Waals surface area contributed by atoms with Crippen LogP contribution in [0.5, 0.6) is 0 Å². The monoisotopic (exact) mass is 302 g/mol. The van der Waals surface area contributed by atoms with Gasteiger partial charge in [0, 0.05) is 24.7 Å². The molecule has 0 spiro atoms. The molecule has 0 atom stereocenters. The van der Waals surface area contributed by atoms with Crippen molar-refractivity contribution in [3.63, 3.8) is 0 Å². The number of hydrogen-bond donors (Lipinski definition) is 2. The number of aryl methyl sites for hydroxylation is 2. The lowest BCUT2D eigenvalue weighted by molar-refractivity contribution is 0.491. The lowest BCUT2D eigenvalue weighted by atomic mass is 10.2. The molecule has 0 bridgehead atoms. The van der Waals surface area contributed by atoms with Crippen molar-refractivity contribution >= 4 is 10.0 Å². The molecule has 0 aliphatic heterocycles. The molecule has 2 N–H and O–H groups in total. The highest BCUT2D eigenvalue weighted by atomic mass is 32.2. The largest absolute Gasteiger partial charge is 0.465 e. The fraction of sp³-hybridized carbons (Fsp3) is 0.714. The molecular formula is C14H26N2O3S. The van der Waals surface area contributed by atoms with Crippen LogP contribution in [0.1, 0.15) is 44.8 Å². The van der Waals surface area contributed by atoms with Crippen LogP contribution < -0.4 is 10.0 Å². The molecule has 0 saturated heterocycles. The Bertz CT molecular complexity index is 545. The normalized spacial score (nSPS) is 12.6. The summed E-state index contributed by atoms with van der Waals surface area (Å²) in [7, 11) is -3.53. The summed E-state index contributed by atoms with van der Waals surface area (Å²) in [4.78, 5) is 0.281. The van der Waals surface area contributed by atoms with Gasteiger partial charge in [0.25, 0.3) is 0 Å². The van der Waals surface area contributed by atoms with Crippen LogP contribution in [-0.4, -0.2) is 21.0 Å². The van der Waals surface area contributed by atoms with E-state index in [4.69, 9.17) is 4.42 Å². The van der Waals surface area contributed by atoms with Crippen molar-refractivity contribution in [3.8, 4) is 0 Å². The highest BCUT2D eigenvalue weighted by Gasteiger charge is 2.26. The second kappa shape index (κ2) is 6.74. The van der Waals surface area contributed by atoms with Crippen LogP contribution in [0.25, 0.3) is 0 Å². The van der Waals surface area contributed by atoms with Crippen LogP contribution in [0.15, 0.2) is 9.31 Å². The van der Waals surface area contributed by atoms with E-state index >= 15 is 0 Å². The van der Waals surface area contributed by atoms with Gasteiger partial charge in [-0.3, -0.25) is 0 Å². The van der Waals surface area contributed by atoms with Gasteiger partial charge in [-0.2, -0.15) is 0 Å². The highest BCUT2D eigenvalue weighted by Crippen LogP contribution is 2.26. The van der Waals surface area contributed by atoms with Crippen molar-refractivity contribution in [3.05, 3.63) is 17.1 Å². The van der Waals surface area contributed by atoms with Crippen molar-refractivity contribution in [2.24, 2.45) is 5.92 Å². The van der Waals surface area contributed by atoms with Crippen molar-refractivity contribution in [1.29, 1.82) is 0 Å². The van der Waals surface area contributed by atoms with E-state index in [1.54, 1.807) is 13.8 Å². The summed E-state index contributed by atoms with van der Waals surface area (Å²) in [6.07, 6.45) is 0. The van der Waals surface area contributed by atoms with Crippen LogP contribution in [0, 0.1) is 19.8 Å². The van der Waals surface area contributed by atoms with E-state index in [0.717, 1.165) is 0 Å². The number of nitrogens with one attached hydrogen (secondary N) is 2. The summed E-state index contributed by atoms with van der Waals surface area (Å²) in [5.74, 6) is 1.36. The lowest BCUT2D eigenvalue weighted by Gasteiger charge is -2.12. The molecular weight excluding hydrogens is 276 g/mol. The van der Waals surface area contributed by atoms with Crippen LogP contribution in [0.3, 0.4) is 0 Å². The molecule has 0 aromatic carbocycles. The Morgan fingerprint density at radius 1 is 1.10 bits per heavy atom. The molecule has 1 aromatic rings. The first-order valence-corrected chi connectivity index (χ1v) is 8.45. The maximum atomic E-state index is 12.4. The molecule has 20 heavy (non-hydrogen) atoms. The van der Waals surface area contributed by atoms with Gasteiger partial charge in [0.2, 0.25) is 10.0 Å². The average molecular weight is 302 g/mol. The number of rotatable bonds is 7. The maximum Gasteiger partial charge on any atom is 0.244 e. The summed E-state index contributed by atoms with van der Waals surface area (Å²) in [6, 6.07) is 0.281. The van der Waals surface area contributed by atoms with Gasteiger partial charge in [-0.15, -0.1) is 0 Å². The summed E-state index contributed by atoms with van der Waals surface area (Å²) in [6.45, 7) is 12.4. The predicted octanol–water partition coefficient (Wildman–Crippen LogP) is 2.33. The Labute approximate surface area is 122 Å². The molecule has 0 saturated carbocycles. The Morgan fingerprint density at radius 3 is 2.20 bits per heavy atom. The van der Waals surface area contributed by atoms with Crippen LogP contribution in [-0.2, 0) is 16.6 Å². The molecule has 116 valence electrons. The van der Waals surface area contributed by atoms with E-state index in [9.17, 15) is 8.42 Å². The highest BCUT2D eigenvalue weighted by molar-refractivity contribution is 7.89. The van der Waals surface area contributed by atoms with E-state index in [0.29, 0.717) is 30.2 Å². The third-order valence-electron chi connectivity index (χ3n) is 2.96. The molecule has 0 aliphatic carbocycles. The summed E-state index contributed by atoms with van der Waals surface area (Å²) >= 11 is 0. The molecule has 1 aromatic heterocycles. The zero-order valence-corrected chi connectivity index (χ0v) is 14.0. The predicted molar refractivity (Wildman–Crippen MR) is 80.2 cm³/mol. The average Bonchev–Trinajstić information content (AvgIpc) is 2.59. The molecule has 1 rings (SSSR count). The summed E-state index contributed by atoms with van der Waals surface area (Å²) in [5.41, 5.74) is 0.715. The van der Waals surface area contributed by atoms with E-state index in [1.807, 2.05) is 27.7 Å². The topological polar surface area (TPSA) is 71.3 Å². The van der Waals surface area contributed by atoms with E-state index in [-0.39, 0.29) is 16.9 Å². The molecule has 0 fully saturated rings. The Kier molecular flexibility index (Phi) is 5.79. The first-order chi connectivity index (χ1) is 9.15. The third kappa shape index (κ3) is 4.33. The van der Waals surface area contributed by atoms with Gasteiger partial charge in [-0.1, -0.05) is 27.7 Å². The molecule has 0 amide bonds. The van der Waals surface area contributed by atoms with Crippen molar-refractivity contribution in [1.82, 2.24) is 10.0 Å². The molecule has 0 aliphatic rings. The zero-order valence-electron chi connectivity index (χ0n) is 13.2. The van der Waals surface area contributed by atoms with Crippen molar-refractivity contribution in [2.45, 2.75) is 59.0 Å². The van der Waals surface area contributed by atoms with Gasteiger partial charge < -0.3 is 9.73 Å². The SMILES string of the molecule is Cc1oc(C)c(S(=O)(=O)NCC(C)C)c1CNC(C)C. The number of sulfonamides is 1. The van der Waals surface area contributed by atoms with Gasteiger partial charge in [-0.05, 0) is 19.8 Å². The summed E-state index contributed by atoms with van der Waals surface area (Å²) < 4.78 is 33.0. The standard InChI is InChI=1S/C14H26N2O3S/c1-9(2)7-16-20(17,18)14-12(6)19-11(5)13(14)8-15-10(3)4/h9-10,15-16H,7-8H2,1-6H3. The molecule has 0 radical (unpaired) electrons. The van der Waals surface area contributed by atoms with Gasteiger partial charge in [0.1, 0.15) is 16.4 Å². The van der Waals surface area contributed by atoms with E-state index in [1.165, 1.54) is 0 Å². The number of furan rings is 1. The molecule has 1 heterocycles. The van der Waals surface area contributed by atoms with Gasteiger partial charge in [0.15, 0.2) is 0 Å². The van der Waals surface area contributed by atoms with Crippen LogP contribution in [0.4, 0.5) is 0 Å². The first kappa shape index (κ1) is 17.2. The minimum atomic E-state index is -3.53. The van der Waals surface area contributed by atoms with Crippen LogP contribution >= 0.6 is 0 Å². The molecule has 5 nitrogen and oxygen atoms in total. The Hall–Kier alpha value is -0.850. The number of hydrogen-bond acceptors (Lipinski definition) is 4. The lowest BCUT2D eigenvalue weighted by Crippen LogP contribution is -2.30. The minimum absolute atomic E-state index is 0.260. The van der Waals surface area contributed by atoms with Crippen molar-refractivity contribution in [2.75, 3.05) is 6.54 Å². The quantitative estimate of drug-likeness (QED) is 0.811. The molecule has 0 unspecified atom stereocenters. The van der Waals surface area contributed by atoms with Gasteiger partial charge >= 0.3 is 0 Å². The Balaban J connectivity index is 3.09. The fourth-order valence-corrected chi connectivity index (χ4v) is 3.58. The second-order valence-electron chi connectivity index (χ2n) is 5.80. The van der Waals surface area contributed by atoms with Gasteiger partial charge in [-0.25, -0.2) is 13.1 Å². The third-order valence-corrected chi connectivity index (χ3v) is 4.58. The zero-order chi connectivity index (χ0) is 15.5.